The van der Waals surface area contributed by atoms with Gasteiger partial charge in [-0.3, -0.25) is 4.79 Å². The maximum atomic E-state index is 11.2. The molecule has 15 heavy (non-hydrogen) atoms. The second kappa shape index (κ2) is 5.09. The second-order valence-corrected chi connectivity index (χ2v) is 3.98. The third-order valence-electron chi connectivity index (χ3n) is 1.78. The van der Waals surface area contributed by atoms with Crippen LogP contribution in [0.25, 0.3) is 0 Å². The van der Waals surface area contributed by atoms with Crippen LogP contribution in [-0.4, -0.2) is 20.7 Å². The maximum Gasteiger partial charge on any atom is 0.335 e. The summed E-state index contributed by atoms with van der Waals surface area (Å²) in [5, 5.41) is 8.65. The second-order valence-electron chi connectivity index (χ2n) is 2.86. The molecular weight excluding hydrogens is 234 g/mol. The van der Waals surface area contributed by atoms with Crippen molar-refractivity contribution in [2.45, 2.75) is 6.42 Å². The smallest absolute Gasteiger partial charge is 0.335 e. The number of nitrogens with zero attached hydrogens (tertiary/aromatic N) is 1. The number of aromatic carboxylic acids is 1. The van der Waals surface area contributed by atoms with Gasteiger partial charge in [-0.15, -0.1) is 0 Å². The molecule has 6 heteroatoms. The molecular formula is C9H9NO3S2. The van der Waals surface area contributed by atoms with Crippen molar-refractivity contribution in [3.63, 3.8) is 0 Å². The molecule has 1 N–H and O–H groups in total. The number of hydrogen-bond donors (Lipinski definition) is 3. The average Bonchev–Trinajstić information content (AvgIpc) is 2.18. The van der Waals surface area contributed by atoms with Gasteiger partial charge in [-0.25, -0.2) is 8.51 Å². The lowest BCUT2D eigenvalue weighted by Crippen LogP contribution is -2.14. The van der Waals surface area contributed by atoms with Crippen LogP contribution in [0.4, 0.5) is 0 Å². The van der Waals surface area contributed by atoms with Gasteiger partial charge in [0.25, 0.3) is 0 Å². The van der Waals surface area contributed by atoms with Crippen molar-refractivity contribution >= 4 is 37.5 Å². The van der Waals surface area contributed by atoms with E-state index in [4.69, 9.17) is 5.11 Å². The van der Waals surface area contributed by atoms with Gasteiger partial charge in [0.15, 0.2) is 0 Å². The highest BCUT2D eigenvalue weighted by Gasteiger charge is 2.08. The van der Waals surface area contributed by atoms with Crippen LogP contribution in [0, 0.1) is 0 Å². The molecule has 80 valence electrons. The Morgan fingerprint density at radius 2 is 1.73 bits per heavy atom. The normalized spacial score (nSPS) is 9.73. The molecule has 0 aliphatic heterocycles. The molecule has 1 aromatic rings. The minimum atomic E-state index is -0.988. The summed E-state index contributed by atoms with van der Waals surface area (Å²) in [4.78, 5) is 21.7. The predicted octanol–water partition coefficient (Wildman–Crippen LogP) is 1.45. The van der Waals surface area contributed by atoms with Gasteiger partial charge in [0.1, 0.15) is 0 Å². The van der Waals surface area contributed by atoms with Crippen LogP contribution in [0.5, 0.6) is 0 Å². The average molecular weight is 243 g/mol. The third-order valence-corrected chi connectivity index (χ3v) is 2.23. The maximum absolute atomic E-state index is 11.2. The van der Waals surface area contributed by atoms with Crippen LogP contribution < -0.4 is 0 Å². The van der Waals surface area contributed by atoms with Gasteiger partial charge in [0.2, 0.25) is 5.91 Å². The van der Waals surface area contributed by atoms with E-state index in [1.54, 1.807) is 12.1 Å². The van der Waals surface area contributed by atoms with E-state index >= 15 is 0 Å². The van der Waals surface area contributed by atoms with Crippen molar-refractivity contribution in [2.75, 3.05) is 0 Å². The first-order valence-corrected chi connectivity index (χ1v) is 4.83. The summed E-state index contributed by atoms with van der Waals surface area (Å²) in [6.07, 6.45) is 0.146. The van der Waals surface area contributed by atoms with Gasteiger partial charge in [0.05, 0.1) is 12.0 Å². The quantitative estimate of drug-likeness (QED) is 0.704. The van der Waals surface area contributed by atoms with Gasteiger partial charge in [-0.05, 0) is 17.7 Å². The highest BCUT2D eigenvalue weighted by Crippen LogP contribution is 2.08. The monoisotopic (exact) mass is 243 g/mol. The summed E-state index contributed by atoms with van der Waals surface area (Å²) in [6, 6.07) is 6.08. The summed E-state index contributed by atoms with van der Waals surface area (Å²) in [5.41, 5.74) is 0.915. The molecule has 0 aromatic heterocycles. The molecule has 0 heterocycles. The van der Waals surface area contributed by atoms with Gasteiger partial charge in [-0.2, -0.15) is 0 Å². The standard InChI is InChI=1S/C9H9NO3S2/c11-8(10(14)15)5-6-1-3-7(4-2-6)9(12)13/h1-4,14-15H,5H2,(H,12,13). The highest BCUT2D eigenvalue weighted by molar-refractivity contribution is 7.94. The Bertz CT molecular complexity index is 375. The van der Waals surface area contributed by atoms with E-state index in [0.29, 0.717) is 0 Å². The number of rotatable bonds is 3. The number of thiol groups is 2. The largest absolute Gasteiger partial charge is 0.478 e. The van der Waals surface area contributed by atoms with Crippen molar-refractivity contribution in [1.29, 1.82) is 0 Å². The van der Waals surface area contributed by atoms with E-state index in [2.05, 4.69) is 25.6 Å². The first kappa shape index (κ1) is 11.9. The molecule has 1 aromatic carbocycles. The molecule has 0 saturated carbocycles. The van der Waals surface area contributed by atoms with Crippen LogP contribution in [0.2, 0.25) is 0 Å². The van der Waals surface area contributed by atoms with Crippen LogP contribution in [0.15, 0.2) is 24.3 Å². The Labute approximate surface area is 98.0 Å². The zero-order valence-electron chi connectivity index (χ0n) is 7.62. The molecule has 0 bridgehead atoms. The molecule has 0 unspecified atom stereocenters. The van der Waals surface area contributed by atoms with Crippen molar-refractivity contribution in [3.8, 4) is 0 Å². The molecule has 0 atom stereocenters. The van der Waals surface area contributed by atoms with E-state index in [1.165, 1.54) is 12.1 Å². The molecule has 0 radical (unpaired) electrons. The first-order valence-electron chi connectivity index (χ1n) is 4.03. The van der Waals surface area contributed by atoms with E-state index in [1.807, 2.05) is 0 Å². The Morgan fingerprint density at radius 3 is 2.13 bits per heavy atom. The lowest BCUT2D eigenvalue weighted by atomic mass is 10.1. The summed E-state index contributed by atoms with van der Waals surface area (Å²) in [5.74, 6) is -1.26. The predicted molar refractivity (Wildman–Crippen MR) is 61.9 cm³/mol. The van der Waals surface area contributed by atoms with Crippen LogP contribution in [0.3, 0.4) is 0 Å². The summed E-state index contributed by atoms with van der Waals surface area (Å²) < 4.78 is 0.894. The number of carboxylic acids is 1. The number of carboxylic acid groups (broad SMARTS) is 1. The number of hydrogen-bond acceptors (Lipinski definition) is 4. The van der Waals surface area contributed by atoms with Crippen LogP contribution in [-0.2, 0) is 11.2 Å². The number of amides is 1. The zero-order valence-corrected chi connectivity index (χ0v) is 9.41. The van der Waals surface area contributed by atoms with E-state index in [9.17, 15) is 9.59 Å². The lowest BCUT2D eigenvalue weighted by molar-refractivity contribution is -0.121. The molecule has 0 saturated heterocycles. The molecule has 0 fully saturated rings. The third kappa shape index (κ3) is 3.49. The summed E-state index contributed by atoms with van der Waals surface area (Å²) in [7, 11) is 0. The highest BCUT2D eigenvalue weighted by atomic mass is 32.2. The molecule has 1 amide bonds. The van der Waals surface area contributed by atoms with Crippen molar-refractivity contribution in [2.24, 2.45) is 0 Å². The number of carbonyl (C=O) groups is 2. The Morgan fingerprint density at radius 1 is 1.20 bits per heavy atom. The molecule has 0 aliphatic carbocycles. The van der Waals surface area contributed by atoms with E-state index < -0.39 is 5.97 Å². The van der Waals surface area contributed by atoms with Crippen LogP contribution in [0.1, 0.15) is 15.9 Å². The fraction of sp³-hybridized carbons (Fsp3) is 0.111. The first-order chi connectivity index (χ1) is 7.00. The molecule has 0 aliphatic rings. The van der Waals surface area contributed by atoms with Gasteiger partial charge in [-0.1, -0.05) is 37.8 Å². The lowest BCUT2D eigenvalue weighted by Gasteiger charge is -2.06. The topological polar surface area (TPSA) is 57.6 Å². The molecule has 1 rings (SSSR count). The van der Waals surface area contributed by atoms with E-state index in [-0.39, 0.29) is 17.9 Å². The summed E-state index contributed by atoms with van der Waals surface area (Å²) in [6.45, 7) is 0. The van der Waals surface area contributed by atoms with E-state index in [0.717, 1.165) is 9.27 Å². The Balaban J connectivity index is 2.73. The van der Waals surface area contributed by atoms with Crippen LogP contribution >= 0.6 is 25.6 Å². The minimum Gasteiger partial charge on any atom is -0.478 e. The Kier molecular flexibility index (Phi) is 4.05. The fourth-order valence-corrected chi connectivity index (χ4v) is 1.15. The fourth-order valence-electron chi connectivity index (χ4n) is 1.01. The number of benzene rings is 1. The summed E-state index contributed by atoms with van der Waals surface area (Å²) >= 11 is 7.46. The van der Waals surface area contributed by atoms with Gasteiger partial charge in [0, 0.05) is 0 Å². The molecule has 4 nitrogen and oxygen atoms in total. The van der Waals surface area contributed by atoms with Crippen molar-refractivity contribution in [1.82, 2.24) is 3.71 Å². The van der Waals surface area contributed by atoms with Gasteiger partial charge >= 0.3 is 5.97 Å². The Hall–Kier alpha value is -1.14. The minimum absolute atomic E-state index is 0.146. The number of carbonyl (C=O) groups excluding carboxylic acids is 1. The molecule has 0 spiro atoms. The van der Waals surface area contributed by atoms with Crippen molar-refractivity contribution in [3.05, 3.63) is 35.4 Å². The van der Waals surface area contributed by atoms with Gasteiger partial charge < -0.3 is 5.11 Å². The zero-order chi connectivity index (χ0) is 11.4. The van der Waals surface area contributed by atoms with Crippen molar-refractivity contribution < 1.29 is 14.7 Å². The SMILES string of the molecule is O=C(O)c1ccc(CC(=O)N(S)S)cc1.